The lowest BCUT2D eigenvalue weighted by atomic mass is 9.96. The van der Waals surface area contributed by atoms with Gasteiger partial charge in [-0.3, -0.25) is 4.79 Å². The fourth-order valence-corrected chi connectivity index (χ4v) is 3.37. The Labute approximate surface area is 150 Å². The zero-order valence-corrected chi connectivity index (χ0v) is 15.8. The maximum Gasteiger partial charge on any atom is 0.257 e. The lowest BCUT2D eigenvalue weighted by Crippen LogP contribution is -2.35. The van der Waals surface area contributed by atoms with Crippen LogP contribution >= 0.6 is 0 Å². The summed E-state index contributed by atoms with van der Waals surface area (Å²) in [6.07, 6.45) is 0. The Kier molecular flexibility index (Phi) is 6.81. The van der Waals surface area contributed by atoms with E-state index in [9.17, 15) is 15.0 Å². The zero-order chi connectivity index (χ0) is 18.6. The van der Waals surface area contributed by atoms with Crippen LogP contribution in [0.25, 0.3) is 0 Å². The third-order valence-corrected chi connectivity index (χ3v) is 4.96. The minimum atomic E-state index is -0.158. The van der Waals surface area contributed by atoms with Gasteiger partial charge < -0.3 is 24.9 Å². The standard InChI is InChI=1S/C19H31N3O3/c1-14-5-6-17(18(24)9-14)19(25)22-11-15(16(12-22)13-23)10-21(4)8-7-20(2)3/h5-6,9,15-16,23-24H,7-8,10-13H2,1-4H3/t15-,16-/m1/s1. The van der Waals surface area contributed by atoms with Crippen LogP contribution in [0.4, 0.5) is 0 Å². The SMILES string of the molecule is Cc1ccc(C(=O)N2C[C@@H](CN(C)CCN(C)C)[C@@H](CO)C2)c(O)c1. The van der Waals surface area contributed by atoms with Crippen molar-refractivity contribution in [2.75, 3.05) is 60.5 Å². The fraction of sp³-hybridized carbons (Fsp3) is 0.632. The van der Waals surface area contributed by atoms with E-state index in [-0.39, 0.29) is 30.1 Å². The van der Waals surface area contributed by atoms with Crippen LogP contribution in [-0.4, -0.2) is 91.3 Å². The summed E-state index contributed by atoms with van der Waals surface area (Å²) in [5.74, 6) is 0.193. The van der Waals surface area contributed by atoms with Crippen LogP contribution in [0.15, 0.2) is 18.2 Å². The first-order valence-electron chi connectivity index (χ1n) is 8.84. The molecule has 0 radical (unpaired) electrons. The van der Waals surface area contributed by atoms with Gasteiger partial charge in [0.1, 0.15) is 5.75 Å². The van der Waals surface area contributed by atoms with Crippen molar-refractivity contribution in [1.82, 2.24) is 14.7 Å². The summed E-state index contributed by atoms with van der Waals surface area (Å²) in [6.45, 7) is 5.89. The number of aliphatic hydroxyl groups excluding tert-OH is 1. The molecule has 0 saturated carbocycles. The first-order valence-corrected chi connectivity index (χ1v) is 8.84. The molecule has 1 fully saturated rings. The summed E-state index contributed by atoms with van der Waals surface area (Å²) in [6, 6.07) is 5.12. The molecule has 0 aliphatic carbocycles. The highest BCUT2D eigenvalue weighted by molar-refractivity contribution is 5.97. The van der Waals surface area contributed by atoms with E-state index in [1.54, 1.807) is 17.0 Å². The number of amides is 1. The molecule has 2 rings (SSSR count). The second kappa shape index (κ2) is 8.65. The normalized spacial score (nSPS) is 20.7. The highest BCUT2D eigenvalue weighted by Crippen LogP contribution is 2.28. The van der Waals surface area contributed by atoms with E-state index in [0.29, 0.717) is 18.7 Å². The van der Waals surface area contributed by atoms with E-state index in [0.717, 1.165) is 25.2 Å². The number of carbonyl (C=O) groups excluding carboxylic acids is 1. The van der Waals surface area contributed by atoms with Gasteiger partial charge in [0.25, 0.3) is 5.91 Å². The molecule has 6 heteroatoms. The minimum Gasteiger partial charge on any atom is -0.507 e. The maximum absolute atomic E-state index is 12.8. The molecule has 0 unspecified atom stereocenters. The van der Waals surface area contributed by atoms with Crippen LogP contribution in [0.2, 0.25) is 0 Å². The highest BCUT2D eigenvalue weighted by atomic mass is 16.3. The first-order chi connectivity index (χ1) is 11.8. The number of benzene rings is 1. The van der Waals surface area contributed by atoms with Crippen molar-refractivity contribution in [2.24, 2.45) is 11.8 Å². The highest BCUT2D eigenvalue weighted by Gasteiger charge is 2.36. The number of likely N-dealkylation sites (N-methyl/N-ethyl adjacent to an activating group) is 2. The number of rotatable bonds is 7. The average molecular weight is 349 g/mol. The lowest BCUT2D eigenvalue weighted by molar-refractivity contribution is 0.0776. The van der Waals surface area contributed by atoms with Crippen molar-refractivity contribution in [3.8, 4) is 5.75 Å². The molecule has 140 valence electrons. The number of aromatic hydroxyl groups is 1. The van der Waals surface area contributed by atoms with Crippen molar-refractivity contribution in [3.63, 3.8) is 0 Å². The number of hydrogen-bond donors (Lipinski definition) is 2. The minimum absolute atomic E-state index is 0.0251. The van der Waals surface area contributed by atoms with Gasteiger partial charge in [-0.2, -0.15) is 0 Å². The smallest absolute Gasteiger partial charge is 0.257 e. The van der Waals surface area contributed by atoms with Gasteiger partial charge in [-0.15, -0.1) is 0 Å². The molecule has 25 heavy (non-hydrogen) atoms. The number of aliphatic hydroxyl groups is 1. The second-order valence-corrected chi connectivity index (χ2v) is 7.50. The number of nitrogens with zero attached hydrogens (tertiary/aromatic N) is 3. The van der Waals surface area contributed by atoms with Gasteiger partial charge in [0.15, 0.2) is 0 Å². The lowest BCUT2D eigenvalue weighted by Gasteiger charge is -2.25. The van der Waals surface area contributed by atoms with E-state index < -0.39 is 0 Å². The molecule has 1 aliphatic rings. The molecule has 1 aromatic rings. The number of carbonyl (C=O) groups is 1. The molecule has 1 aliphatic heterocycles. The predicted molar refractivity (Wildman–Crippen MR) is 98.9 cm³/mol. The molecule has 1 aromatic carbocycles. The van der Waals surface area contributed by atoms with Crippen molar-refractivity contribution >= 4 is 5.91 Å². The summed E-state index contributed by atoms with van der Waals surface area (Å²) in [5, 5.41) is 19.8. The Balaban J connectivity index is 2.01. The third kappa shape index (κ3) is 5.17. The molecule has 1 heterocycles. The number of phenolic OH excluding ortho intramolecular Hbond substituents is 1. The van der Waals surface area contributed by atoms with Crippen molar-refractivity contribution in [1.29, 1.82) is 0 Å². The molecule has 0 spiro atoms. The Morgan fingerprint density at radius 1 is 1.20 bits per heavy atom. The van der Waals surface area contributed by atoms with E-state index in [2.05, 4.69) is 16.8 Å². The van der Waals surface area contributed by atoms with Crippen LogP contribution in [0.1, 0.15) is 15.9 Å². The van der Waals surface area contributed by atoms with Crippen LogP contribution in [0.3, 0.4) is 0 Å². The van der Waals surface area contributed by atoms with E-state index in [1.807, 2.05) is 27.1 Å². The van der Waals surface area contributed by atoms with Crippen LogP contribution < -0.4 is 0 Å². The predicted octanol–water partition coefficient (Wildman–Crippen LogP) is 0.875. The molecule has 1 amide bonds. The molecule has 2 N–H and O–H groups in total. The van der Waals surface area contributed by atoms with Gasteiger partial charge in [-0.25, -0.2) is 0 Å². The number of hydrogen-bond acceptors (Lipinski definition) is 5. The van der Waals surface area contributed by atoms with Gasteiger partial charge >= 0.3 is 0 Å². The van der Waals surface area contributed by atoms with Crippen molar-refractivity contribution in [3.05, 3.63) is 29.3 Å². The summed E-state index contributed by atoms with van der Waals surface area (Å²) in [7, 11) is 6.18. The zero-order valence-electron chi connectivity index (χ0n) is 15.8. The molecule has 0 bridgehead atoms. The summed E-state index contributed by atoms with van der Waals surface area (Å²) >= 11 is 0. The molecule has 2 atom stereocenters. The summed E-state index contributed by atoms with van der Waals surface area (Å²) in [5.41, 5.74) is 1.26. The number of aryl methyl sites for hydroxylation is 1. The van der Waals surface area contributed by atoms with Gasteiger partial charge in [-0.05, 0) is 51.7 Å². The Morgan fingerprint density at radius 2 is 1.88 bits per heavy atom. The van der Waals surface area contributed by atoms with E-state index in [4.69, 9.17) is 0 Å². The largest absolute Gasteiger partial charge is 0.507 e. The van der Waals surface area contributed by atoms with Gasteiger partial charge in [0.05, 0.1) is 5.56 Å². The molecule has 6 nitrogen and oxygen atoms in total. The van der Waals surface area contributed by atoms with Crippen LogP contribution in [-0.2, 0) is 0 Å². The number of likely N-dealkylation sites (tertiary alicyclic amines) is 1. The van der Waals surface area contributed by atoms with Crippen LogP contribution in [0, 0.1) is 18.8 Å². The van der Waals surface area contributed by atoms with E-state index >= 15 is 0 Å². The average Bonchev–Trinajstić information content (AvgIpc) is 2.95. The molecule has 1 saturated heterocycles. The first kappa shape index (κ1) is 19.7. The van der Waals surface area contributed by atoms with Crippen LogP contribution in [0.5, 0.6) is 5.75 Å². The van der Waals surface area contributed by atoms with Gasteiger partial charge in [-0.1, -0.05) is 6.07 Å². The Morgan fingerprint density at radius 3 is 2.48 bits per heavy atom. The molecule has 0 aromatic heterocycles. The summed E-state index contributed by atoms with van der Waals surface area (Å²) < 4.78 is 0. The Hall–Kier alpha value is -1.63. The maximum atomic E-state index is 12.8. The second-order valence-electron chi connectivity index (χ2n) is 7.50. The van der Waals surface area contributed by atoms with Gasteiger partial charge in [0.2, 0.25) is 0 Å². The summed E-state index contributed by atoms with van der Waals surface area (Å²) in [4.78, 5) is 18.9. The molecular weight excluding hydrogens is 318 g/mol. The monoisotopic (exact) mass is 349 g/mol. The number of phenols is 1. The topological polar surface area (TPSA) is 67.3 Å². The van der Waals surface area contributed by atoms with Gasteiger partial charge in [0, 0.05) is 45.2 Å². The van der Waals surface area contributed by atoms with Crippen molar-refractivity contribution < 1.29 is 15.0 Å². The molecular formula is C19H31N3O3. The quantitative estimate of drug-likeness (QED) is 0.765. The third-order valence-electron chi connectivity index (χ3n) is 4.96. The van der Waals surface area contributed by atoms with E-state index in [1.165, 1.54) is 0 Å². The Bertz CT molecular complexity index is 591. The van der Waals surface area contributed by atoms with Crippen molar-refractivity contribution in [2.45, 2.75) is 6.92 Å². The fourth-order valence-electron chi connectivity index (χ4n) is 3.37.